The van der Waals surface area contributed by atoms with Crippen molar-refractivity contribution >= 4 is 11.6 Å². The lowest BCUT2D eigenvalue weighted by Crippen LogP contribution is -2.15. The summed E-state index contributed by atoms with van der Waals surface area (Å²) in [5.41, 5.74) is 5.28. The fraction of sp³-hybridized carbons (Fsp3) is 0.333. The number of para-hydroxylation sites is 1. The molecule has 4 nitrogen and oxygen atoms in total. The third kappa shape index (κ3) is 2.52. The van der Waals surface area contributed by atoms with Gasteiger partial charge in [-0.3, -0.25) is 9.89 Å². The van der Waals surface area contributed by atoms with E-state index < -0.39 is 0 Å². The van der Waals surface area contributed by atoms with Crippen LogP contribution in [0.5, 0.6) is 0 Å². The molecule has 0 radical (unpaired) electrons. The summed E-state index contributed by atoms with van der Waals surface area (Å²) in [6, 6.07) is 6.06. The molecular formula is C15H19N3O. The van der Waals surface area contributed by atoms with Crippen LogP contribution in [0.3, 0.4) is 0 Å². The number of aryl methyl sites for hydroxylation is 4. The van der Waals surface area contributed by atoms with Crippen LogP contribution in [0, 0.1) is 20.8 Å². The Morgan fingerprint density at radius 1 is 1.32 bits per heavy atom. The monoisotopic (exact) mass is 257 g/mol. The first kappa shape index (κ1) is 13.3. The number of carbonyl (C=O) groups is 1. The van der Waals surface area contributed by atoms with E-state index in [2.05, 4.69) is 22.4 Å². The SMILES string of the molecule is CCc1cccc(C)c1NC(=O)c1c(C)n[nH]c1C. The van der Waals surface area contributed by atoms with Gasteiger partial charge in [0, 0.05) is 11.4 Å². The summed E-state index contributed by atoms with van der Waals surface area (Å²) in [4.78, 5) is 12.4. The Kier molecular flexibility index (Phi) is 3.69. The standard InChI is InChI=1S/C15H19N3O/c1-5-12-8-6-7-9(2)14(12)16-15(19)13-10(3)17-18-11(13)4/h6-8H,5H2,1-4H3,(H,16,19)(H,17,18). The molecule has 2 aromatic rings. The lowest BCUT2D eigenvalue weighted by molar-refractivity contribution is 0.102. The predicted octanol–water partition coefficient (Wildman–Crippen LogP) is 3.15. The van der Waals surface area contributed by atoms with E-state index in [0.717, 1.165) is 34.6 Å². The molecule has 1 aromatic carbocycles. The molecule has 0 unspecified atom stereocenters. The van der Waals surface area contributed by atoms with Crippen molar-refractivity contribution in [2.45, 2.75) is 34.1 Å². The summed E-state index contributed by atoms with van der Waals surface area (Å²) in [5.74, 6) is -0.104. The molecule has 0 aliphatic carbocycles. The molecule has 100 valence electrons. The number of nitrogens with one attached hydrogen (secondary N) is 2. The second-order valence-corrected chi connectivity index (χ2v) is 4.73. The largest absolute Gasteiger partial charge is 0.321 e. The molecular weight excluding hydrogens is 238 g/mol. The van der Waals surface area contributed by atoms with Crippen LogP contribution in [-0.4, -0.2) is 16.1 Å². The van der Waals surface area contributed by atoms with E-state index in [1.165, 1.54) is 0 Å². The Labute approximate surface area is 113 Å². The summed E-state index contributed by atoms with van der Waals surface area (Å²) in [5, 5.41) is 9.91. The number of aromatic nitrogens is 2. The van der Waals surface area contributed by atoms with Gasteiger partial charge in [0.25, 0.3) is 5.91 Å². The maximum atomic E-state index is 12.4. The van der Waals surface area contributed by atoms with Crippen LogP contribution in [0.4, 0.5) is 5.69 Å². The van der Waals surface area contributed by atoms with Gasteiger partial charge >= 0.3 is 0 Å². The molecule has 0 saturated heterocycles. The topological polar surface area (TPSA) is 57.8 Å². The van der Waals surface area contributed by atoms with Crippen LogP contribution in [0.15, 0.2) is 18.2 Å². The molecule has 0 aliphatic rings. The van der Waals surface area contributed by atoms with Crippen molar-refractivity contribution in [2.75, 3.05) is 5.32 Å². The molecule has 2 rings (SSSR count). The maximum Gasteiger partial charge on any atom is 0.259 e. The van der Waals surface area contributed by atoms with Gasteiger partial charge in [0.05, 0.1) is 11.3 Å². The highest BCUT2D eigenvalue weighted by atomic mass is 16.1. The van der Waals surface area contributed by atoms with E-state index in [-0.39, 0.29) is 5.91 Å². The molecule has 0 spiro atoms. The molecule has 0 bridgehead atoms. The van der Waals surface area contributed by atoms with Crippen LogP contribution < -0.4 is 5.32 Å². The van der Waals surface area contributed by atoms with Gasteiger partial charge in [-0.1, -0.05) is 25.1 Å². The number of rotatable bonds is 3. The van der Waals surface area contributed by atoms with Crippen molar-refractivity contribution < 1.29 is 4.79 Å². The predicted molar refractivity (Wildman–Crippen MR) is 76.6 cm³/mol. The van der Waals surface area contributed by atoms with E-state index in [1.54, 1.807) is 0 Å². The first-order chi connectivity index (χ1) is 9.04. The number of aromatic amines is 1. The number of amides is 1. The van der Waals surface area contributed by atoms with Gasteiger partial charge < -0.3 is 5.32 Å². The van der Waals surface area contributed by atoms with Crippen LogP contribution in [0.1, 0.15) is 39.8 Å². The van der Waals surface area contributed by atoms with E-state index in [4.69, 9.17) is 0 Å². The molecule has 4 heteroatoms. The van der Waals surface area contributed by atoms with Crippen LogP contribution in [-0.2, 0) is 6.42 Å². The van der Waals surface area contributed by atoms with Gasteiger partial charge in [-0.15, -0.1) is 0 Å². The lowest BCUT2D eigenvalue weighted by atomic mass is 10.1. The Balaban J connectivity index is 2.35. The van der Waals surface area contributed by atoms with Gasteiger partial charge in [0.15, 0.2) is 0 Å². The Morgan fingerprint density at radius 2 is 2.05 bits per heavy atom. The third-order valence-corrected chi connectivity index (χ3v) is 3.33. The van der Waals surface area contributed by atoms with Crippen molar-refractivity contribution in [3.63, 3.8) is 0 Å². The number of hydrogen-bond donors (Lipinski definition) is 2. The molecule has 0 fully saturated rings. The number of benzene rings is 1. The quantitative estimate of drug-likeness (QED) is 0.887. The van der Waals surface area contributed by atoms with Crippen molar-refractivity contribution in [2.24, 2.45) is 0 Å². The fourth-order valence-electron chi connectivity index (χ4n) is 2.26. The first-order valence-electron chi connectivity index (χ1n) is 6.46. The molecule has 2 N–H and O–H groups in total. The van der Waals surface area contributed by atoms with Crippen LogP contribution in [0.2, 0.25) is 0 Å². The number of carbonyl (C=O) groups excluding carboxylic acids is 1. The zero-order valence-electron chi connectivity index (χ0n) is 11.8. The van der Waals surface area contributed by atoms with E-state index in [9.17, 15) is 4.79 Å². The molecule has 1 amide bonds. The smallest absolute Gasteiger partial charge is 0.259 e. The van der Waals surface area contributed by atoms with Crippen molar-refractivity contribution in [3.05, 3.63) is 46.3 Å². The minimum Gasteiger partial charge on any atom is -0.321 e. The highest BCUT2D eigenvalue weighted by molar-refractivity contribution is 6.06. The zero-order chi connectivity index (χ0) is 14.0. The number of hydrogen-bond acceptors (Lipinski definition) is 2. The van der Waals surface area contributed by atoms with E-state index in [1.807, 2.05) is 39.0 Å². The number of H-pyrrole nitrogens is 1. The summed E-state index contributed by atoms with van der Waals surface area (Å²) in [6.45, 7) is 7.77. The van der Waals surface area contributed by atoms with Gasteiger partial charge in [0.2, 0.25) is 0 Å². The third-order valence-electron chi connectivity index (χ3n) is 3.33. The van der Waals surface area contributed by atoms with Gasteiger partial charge in [0.1, 0.15) is 0 Å². The number of anilines is 1. The summed E-state index contributed by atoms with van der Waals surface area (Å²) >= 11 is 0. The highest BCUT2D eigenvalue weighted by Gasteiger charge is 2.17. The average Bonchev–Trinajstić information content (AvgIpc) is 2.71. The van der Waals surface area contributed by atoms with Gasteiger partial charge in [-0.05, 0) is 38.3 Å². The van der Waals surface area contributed by atoms with Gasteiger partial charge in [-0.2, -0.15) is 5.10 Å². The molecule has 0 atom stereocenters. The zero-order valence-corrected chi connectivity index (χ0v) is 11.8. The normalized spacial score (nSPS) is 10.5. The Bertz CT molecular complexity index is 594. The minimum atomic E-state index is -0.104. The molecule has 19 heavy (non-hydrogen) atoms. The molecule has 0 aliphatic heterocycles. The first-order valence-corrected chi connectivity index (χ1v) is 6.46. The summed E-state index contributed by atoms with van der Waals surface area (Å²) in [6.07, 6.45) is 0.890. The molecule has 0 saturated carbocycles. The molecule has 1 heterocycles. The Hall–Kier alpha value is -2.10. The molecule has 1 aromatic heterocycles. The minimum absolute atomic E-state index is 0.104. The highest BCUT2D eigenvalue weighted by Crippen LogP contribution is 2.22. The van der Waals surface area contributed by atoms with E-state index in [0.29, 0.717) is 5.56 Å². The van der Waals surface area contributed by atoms with Crippen molar-refractivity contribution in [1.29, 1.82) is 0 Å². The van der Waals surface area contributed by atoms with Crippen molar-refractivity contribution in [3.8, 4) is 0 Å². The van der Waals surface area contributed by atoms with E-state index >= 15 is 0 Å². The fourth-order valence-corrected chi connectivity index (χ4v) is 2.26. The van der Waals surface area contributed by atoms with Crippen LogP contribution in [0.25, 0.3) is 0 Å². The van der Waals surface area contributed by atoms with Gasteiger partial charge in [-0.25, -0.2) is 0 Å². The van der Waals surface area contributed by atoms with Crippen LogP contribution >= 0.6 is 0 Å². The maximum absolute atomic E-state index is 12.4. The van der Waals surface area contributed by atoms with Crippen molar-refractivity contribution in [1.82, 2.24) is 10.2 Å². The second kappa shape index (κ2) is 5.26. The lowest BCUT2D eigenvalue weighted by Gasteiger charge is -2.13. The second-order valence-electron chi connectivity index (χ2n) is 4.73. The number of nitrogens with zero attached hydrogens (tertiary/aromatic N) is 1. The summed E-state index contributed by atoms with van der Waals surface area (Å²) in [7, 11) is 0. The average molecular weight is 257 g/mol. The Morgan fingerprint density at radius 3 is 2.63 bits per heavy atom. The summed E-state index contributed by atoms with van der Waals surface area (Å²) < 4.78 is 0.